The highest BCUT2D eigenvalue weighted by atomic mass is 19.2. The number of hydrogen-bond acceptors (Lipinski definition) is 3. The fraction of sp³-hybridized carbons (Fsp3) is 0.321. The molecule has 1 aliphatic rings. The summed E-state index contributed by atoms with van der Waals surface area (Å²) in [5.74, 6) is -2.23. The summed E-state index contributed by atoms with van der Waals surface area (Å²) in [4.78, 5) is 11.2. The summed E-state index contributed by atoms with van der Waals surface area (Å²) < 4.78 is 27.5. The minimum atomic E-state index is -1.30. The molecule has 3 aromatic carbocycles. The monoisotopic (exact) mass is 464 g/mol. The first-order valence-corrected chi connectivity index (χ1v) is 11.6. The molecule has 4 nitrogen and oxygen atoms in total. The quantitative estimate of drug-likeness (QED) is 0.500. The maximum atomic E-state index is 14.0. The van der Waals surface area contributed by atoms with Crippen molar-refractivity contribution in [3.05, 3.63) is 94.6 Å². The van der Waals surface area contributed by atoms with E-state index in [1.54, 1.807) is 0 Å². The minimum Gasteiger partial charge on any atom is -0.384 e. The molecule has 0 aliphatic carbocycles. The fourth-order valence-electron chi connectivity index (χ4n) is 4.97. The van der Waals surface area contributed by atoms with E-state index in [9.17, 15) is 18.7 Å². The molecule has 0 spiro atoms. The molecule has 0 radical (unpaired) electrons. The minimum absolute atomic E-state index is 0.0488. The van der Waals surface area contributed by atoms with Gasteiger partial charge in [0, 0.05) is 25.9 Å². The van der Waals surface area contributed by atoms with Crippen LogP contribution in [-0.2, 0) is 16.8 Å². The van der Waals surface area contributed by atoms with Crippen molar-refractivity contribution in [2.75, 3.05) is 19.6 Å². The first-order valence-electron chi connectivity index (χ1n) is 11.6. The van der Waals surface area contributed by atoms with E-state index in [-0.39, 0.29) is 11.8 Å². The Hall–Kier alpha value is -3.09. The van der Waals surface area contributed by atoms with Crippen LogP contribution in [0.5, 0.6) is 0 Å². The Labute approximate surface area is 199 Å². The lowest BCUT2D eigenvalue weighted by atomic mass is 9.72. The van der Waals surface area contributed by atoms with Crippen molar-refractivity contribution in [1.82, 2.24) is 10.6 Å². The predicted molar refractivity (Wildman–Crippen MR) is 129 cm³/mol. The number of piperidine rings is 1. The van der Waals surface area contributed by atoms with Crippen LogP contribution in [0.15, 0.2) is 60.7 Å². The number of amides is 1. The lowest BCUT2D eigenvalue weighted by molar-refractivity contribution is -0.118. The molecule has 1 saturated heterocycles. The molecule has 1 aliphatic heterocycles. The molecule has 34 heavy (non-hydrogen) atoms. The lowest BCUT2D eigenvalue weighted by Gasteiger charge is -2.42. The van der Waals surface area contributed by atoms with Gasteiger partial charge in [-0.05, 0) is 71.8 Å². The SMILES string of the molecule is CC(=O)NCCc1ccccc1-c1ccc([C@H]2CNCC[C@]2(O)c2ccc(F)c(F)c2)c(C)c1. The van der Waals surface area contributed by atoms with Gasteiger partial charge < -0.3 is 15.7 Å². The van der Waals surface area contributed by atoms with Crippen molar-refractivity contribution >= 4 is 5.91 Å². The van der Waals surface area contributed by atoms with Gasteiger partial charge in [0.05, 0.1) is 5.60 Å². The van der Waals surface area contributed by atoms with E-state index in [1.165, 1.54) is 13.0 Å². The highest BCUT2D eigenvalue weighted by molar-refractivity contribution is 5.73. The fourth-order valence-corrected chi connectivity index (χ4v) is 4.97. The summed E-state index contributed by atoms with van der Waals surface area (Å²) in [5.41, 5.74) is 4.37. The van der Waals surface area contributed by atoms with Crippen LogP contribution >= 0.6 is 0 Å². The summed E-state index contributed by atoms with van der Waals surface area (Å²) in [6.45, 7) is 5.21. The van der Waals surface area contributed by atoms with Gasteiger partial charge in [0.25, 0.3) is 0 Å². The van der Waals surface area contributed by atoms with Crippen molar-refractivity contribution in [3.8, 4) is 11.1 Å². The van der Waals surface area contributed by atoms with Crippen molar-refractivity contribution in [2.24, 2.45) is 0 Å². The number of nitrogens with one attached hydrogen (secondary N) is 2. The zero-order chi connectivity index (χ0) is 24.3. The Morgan fingerprint density at radius 1 is 1.12 bits per heavy atom. The van der Waals surface area contributed by atoms with Gasteiger partial charge in [-0.2, -0.15) is 0 Å². The Morgan fingerprint density at radius 2 is 1.91 bits per heavy atom. The molecule has 1 fully saturated rings. The summed E-state index contributed by atoms with van der Waals surface area (Å²) >= 11 is 0. The molecule has 2 atom stereocenters. The van der Waals surface area contributed by atoms with Crippen LogP contribution in [0.25, 0.3) is 11.1 Å². The van der Waals surface area contributed by atoms with Crippen LogP contribution in [0.3, 0.4) is 0 Å². The largest absolute Gasteiger partial charge is 0.384 e. The van der Waals surface area contributed by atoms with Gasteiger partial charge in [0.15, 0.2) is 11.6 Å². The molecule has 3 N–H and O–H groups in total. The number of benzene rings is 3. The van der Waals surface area contributed by atoms with Gasteiger partial charge in [-0.1, -0.05) is 48.5 Å². The highest BCUT2D eigenvalue weighted by Crippen LogP contribution is 2.43. The first kappa shape index (κ1) is 24.0. The van der Waals surface area contributed by atoms with E-state index in [2.05, 4.69) is 28.8 Å². The molecular weight excluding hydrogens is 434 g/mol. The van der Waals surface area contributed by atoms with E-state index in [0.717, 1.165) is 46.4 Å². The standard InChI is InChI=1S/C28H30F2N2O2/c1-18-15-21(24-6-4-3-5-20(24)11-13-32-19(2)33)7-9-23(18)25-17-31-14-12-28(25,34)22-8-10-26(29)27(30)16-22/h3-10,15-16,25,31,34H,11-14,17H2,1-2H3,(H,32,33)/t25-,28+/m1/s1. The van der Waals surface area contributed by atoms with E-state index in [1.807, 2.05) is 31.2 Å². The van der Waals surface area contributed by atoms with E-state index >= 15 is 0 Å². The number of halogens is 2. The van der Waals surface area contributed by atoms with E-state index in [4.69, 9.17) is 0 Å². The molecule has 1 amide bonds. The molecule has 4 rings (SSSR count). The maximum absolute atomic E-state index is 14.0. The molecule has 3 aromatic rings. The Kier molecular flexibility index (Phi) is 7.10. The van der Waals surface area contributed by atoms with Gasteiger partial charge in [-0.3, -0.25) is 4.79 Å². The number of hydrogen-bond donors (Lipinski definition) is 3. The molecule has 0 bridgehead atoms. The number of carbonyl (C=O) groups is 1. The third kappa shape index (κ3) is 4.88. The van der Waals surface area contributed by atoms with Gasteiger partial charge in [-0.15, -0.1) is 0 Å². The van der Waals surface area contributed by atoms with Crippen molar-refractivity contribution < 1.29 is 18.7 Å². The first-order chi connectivity index (χ1) is 16.3. The average molecular weight is 465 g/mol. The maximum Gasteiger partial charge on any atom is 0.216 e. The van der Waals surface area contributed by atoms with Crippen molar-refractivity contribution in [1.29, 1.82) is 0 Å². The lowest BCUT2D eigenvalue weighted by Crippen LogP contribution is -2.47. The zero-order valence-corrected chi connectivity index (χ0v) is 19.5. The topological polar surface area (TPSA) is 61.4 Å². The van der Waals surface area contributed by atoms with E-state index in [0.29, 0.717) is 31.6 Å². The van der Waals surface area contributed by atoms with Gasteiger partial charge in [0.1, 0.15) is 0 Å². The molecule has 0 unspecified atom stereocenters. The Balaban J connectivity index is 1.67. The van der Waals surface area contributed by atoms with Crippen LogP contribution in [-0.4, -0.2) is 30.6 Å². The average Bonchev–Trinajstić information content (AvgIpc) is 2.81. The molecule has 178 valence electrons. The molecule has 1 heterocycles. The highest BCUT2D eigenvalue weighted by Gasteiger charge is 2.42. The van der Waals surface area contributed by atoms with Crippen molar-refractivity contribution in [2.45, 2.75) is 38.2 Å². The number of aryl methyl sites for hydroxylation is 1. The van der Waals surface area contributed by atoms with Crippen LogP contribution < -0.4 is 10.6 Å². The molecule has 0 saturated carbocycles. The van der Waals surface area contributed by atoms with Crippen LogP contribution in [0, 0.1) is 18.6 Å². The second kappa shape index (κ2) is 10.0. The van der Waals surface area contributed by atoms with Gasteiger partial charge in [0.2, 0.25) is 5.91 Å². The summed E-state index contributed by atoms with van der Waals surface area (Å²) in [5, 5.41) is 17.9. The van der Waals surface area contributed by atoms with Crippen LogP contribution in [0.1, 0.15) is 41.5 Å². The summed E-state index contributed by atoms with van der Waals surface area (Å²) in [6, 6.07) is 18.0. The second-order valence-electron chi connectivity index (χ2n) is 9.02. The number of rotatable bonds is 6. The van der Waals surface area contributed by atoms with Crippen LogP contribution in [0.2, 0.25) is 0 Å². The van der Waals surface area contributed by atoms with Crippen LogP contribution in [0.4, 0.5) is 8.78 Å². The summed E-state index contributed by atoms with van der Waals surface area (Å²) in [7, 11) is 0. The zero-order valence-electron chi connectivity index (χ0n) is 19.5. The van der Waals surface area contributed by atoms with E-state index < -0.39 is 17.2 Å². The molecule has 6 heteroatoms. The number of aliphatic hydroxyl groups is 1. The molecule has 0 aromatic heterocycles. The normalized spacial score (nSPS) is 20.2. The second-order valence-corrected chi connectivity index (χ2v) is 9.02. The molecular formula is C28H30F2N2O2. The summed E-state index contributed by atoms with van der Waals surface area (Å²) in [6.07, 6.45) is 1.12. The third-order valence-electron chi connectivity index (χ3n) is 6.77. The van der Waals surface area contributed by atoms with Gasteiger partial charge >= 0.3 is 0 Å². The predicted octanol–water partition coefficient (Wildman–Crippen LogP) is 4.58. The smallest absolute Gasteiger partial charge is 0.216 e. The Bertz CT molecular complexity index is 1200. The van der Waals surface area contributed by atoms with Crippen molar-refractivity contribution in [3.63, 3.8) is 0 Å². The third-order valence-corrected chi connectivity index (χ3v) is 6.77. The Morgan fingerprint density at radius 3 is 2.65 bits per heavy atom. The number of carbonyl (C=O) groups excluding carboxylic acids is 1. The van der Waals surface area contributed by atoms with Gasteiger partial charge in [-0.25, -0.2) is 8.78 Å².